The molecular weight excluding hydrogens is 651 g/mol. The van der Waals surface area contributed by atoms with Gasteiger partial charge in [0.1, 0.15) is 47.5 Å². The summed E-state index contributed by atoms with van der Waals surface area (Å²) in [6.45, 7) is -1.12. The van der Waals surface area contributed by atoms with Gasteiger partial charge in [-0.05, 0) is 37.1 Å². The van der Waals surface area contributed by atoms with Crippen molar-refractivity contribution in [3.8, 4) is 23.2 Å². The highest BCUT2D eigenvalue weighted by molar-refractivity contribution is 7.23. The van der Waals surface area contributed by atoms with Gasteiger partial charge in [0.05, 0.1) is 21.4 Å². The maximum atomic E-state index is 16.6. The van der Waals surface area contributed by atoms with Gasteiger partial charge in [-0.15, -0.1) is 11.3 Å². The van der Waals surface area contributed by atoms with Crippen molar-refractivity contribution in [2.45, 2.75) is 43.3 Å². The van der Waals surface area contributed by atoms with Crippen molar-refractivity contribution in [2.24, 2.45) is 0 Å². The molecule has 0 saturated carbocycles. The van der Waals surface area contributed by atoms with E-state index < -0.39 is 81.7 Å². The summed E-state index contributed by atoms with van der Waals surface area (Å²) in [4.78, 5) is 10.3. The number of rotatable bonds is 6. The molecule has 2 fully saturated rings. The van der Waals surface area contributed by atoms with Gasteiger partial charge in [0.2, 0.25) is 0 Å². The fourth-order valence-electron chi connectivity index (χ4n) is 6.53. The molecule has 2 N–H and O–H groups in total. The number of anilines is 2. The zero-order chi connectivity index (χ0) is 33.3. The van der Waals surface area contributed by atoms with Crippen molar-refractivity contribution in [1.82, 2.24) is 14.9 Å². The molecule has 2 aromatic heterocycles. The summed E-state index contributed by atoms with van der Waals surface area (Å²) in [5.74, 6) is -3.24. The number of hydrogen-bond acceptors (Lipinski definition) is 8. The van der Waals surface area contributed by atoms with Crippen LogP contribution in [0, 0.1) is 23.0 Å². The lowest BCUT2D eigenvalue weighted by atomic mass is 9.92. The molecule has 0 bridgehead atoms. The lowest BCUT2D eigenvalue weighted by molar-refractivity contribution is -0.137. The summed E-state index contributed by atoms with van der Waals surface area (Å²) < 4.78 is 135. The first-order chi connectivity index (χ1) is 21.5. The van der Waals surface area contributed by atoms with E-state index in [1.54, 1.807) is 6.07 Å². The molecule has 4 aromatic rings. The predicted molar refractivity (Wildman–Crippen MR) is 152 cm³/mol. The molecule has 7 nitrogen and oxygen atoms in total. The smallest absolute Gasteiger partial charge is 0.417 e. The standard InChI is InChI=1S/C29H23F9N6OS/c1-43(11-28(33,34)35)25-15-7-17(29(36,37)38)20(14-3-4-18(31)23-19(14)16(9-39)24(40)46-23)21(32)22(15)41-26(42-25)45-12-27-5-2-6-44(27)10-13(30)8-27/h3-4,7,13H,2,5-6,8,10-12,40H2,1H3/t13-,27+/m1/s1. The molecule has 2 atom stereocenters. The van der Waals surface area contributed by atoms with E-state index in [0.717, 1.165) is 25.6 Å². The van der Waals surface area contributed by atoms with Crippen LogP contribution in [-0.2, 0) is 6.18 Å². The molecule has 2 aliphatic heterocycles. The Labute approximate surface area is 259 Å². The summed E-state index contributed by atoms with van der Waals surface area (Å²) >= 11 is 0.588. The van der Waals surface area contributed by atoms with Crippen LogP contribution in [0.25, 0.3) is 32.1 Å². The van der Waals surface area contributed by atoms with E-state index in [-0.39, 0.29) is 40.2 Å². The molecular formula is C29H23F9N6OS. The van der Waals surface area contributed by atoms with Gasteiger partial charge in [0.15, 0.2) is 5.82 Å². The summed E-state index contributed by atoms with van der Waals surface area (Å²) in [7, 11) is 0.914. The number of nitrogen functional groups attached to an aromatic ring is 1. The second-order valence-corrected chi connectivity index (χ2v) is 12.5. The number of thiophene rings is 1. The number of benzene rings is 2. The summed E-state index contributed by atoms with van der Waals surface area (Å²) in [6, 6.07) is 3.15. The first kappa shape index (κ1) is 31.9. The molecule has 2 saturated heterocycles. The molecule has 2 aliphatic rings. The quantitative estimate of drug-likeness (QED) is 0.216. The Morgan fingerprint density at radius 3 is 2.61 bits per heavy atom. The minimum atomic E-state index is -5.29. The average molecular weight is 675 g/mol. The first-order valence-corrected chi connectivity index (χ1v) is 14.7. The lowest BCUT2D eigenvalue weighted by Crippen LogP contribution is -2.43. The van der Waals surface area contributed by atoms with Crippen LogP contribution in [0.3, 0.4) is 0 Å². The van der Waals surface area contributed by atoms with Crippen LogP contribution in [0.5, 0.6) is 6.01 Å². The minimum Gasteiger partial charge on any atom is -0.461 e. The largest absolute Gasteiger partial charge is 0.461 e. The van der Waals surface area contributed by atoms with Crippen LogP contribution in [0.15, 0.2) is 18.2 Å². The SMILES string of the molecule is CN(CC(F)(F)F)c1nc(OC[C@@]23CCCN2C[C@H](F)C3)nc2c(F)c(-c3ccc(F)c4sc(N)c(C#N)c34)c(C(F)(F)F)cc12. The number of hydrogen-bond donors (Lipinski definition) is 1. The Kier molecular flexibility index (Phi) is 7.66. The number of halogens is 9. The van der Waals surface area contributed by atoms with Crippen LogP contribution < -0.4 is 15.4 Å². The van der Waals surface area contributed by atoms with Crippen molar-refractivity contribution in [2.75, 3.05) is 43.9 Å². The molecule has 17 heteroatoms. The Morgan fingerprint density at radius 1 is 1.20 bits per heavy atom. The van der Waals surface area contributed by atoms with E-state index in [9.17, 15) is 40.4 Å². The topological polar surface area (TPSA) is 91.3 Å². The van der Waals surface area contributed by atoms with E-state index >= 15 is 4.39 Å². The molecule has 0 spiro atoms. The number of ether oxygens (including phenoxy) is 1. The minimum absolute atomic E-state index is 0.112. The second-order valence-electron chi connectivity index (χ2n) is 11.4. The van der Waals surface area contributed by atoms with E-state index in [2.05, 4.69) is 9.97 Å². The van der Waals surface area contributed by atoms with Gasteiger partial charge in [0, 0.05) is 36.3 Å². The molecule has 2 aromatic carbocycles. The molecule has 244 valence electrons. The lowest BCUT2D eigenvalue weighted by Gasteiger charge is -2.31. The third-order valence-corrected chi connectivity index (χ3v) is 9.43. The number of alkyl halides is 7. The highest BCUT2D eigenvalue weighted by atomic mass is 32.1. The maximum Gasteiger partial charge on any atom is 0.417 e. The summed E-state index contributed by atoms with van der Waals surface area (Å²) in [6.07, 6.45) is -9.87. The van der Waals surface area contributed by atoms with Crippen molar-refractivity contribution in [3.63, 3.8) is 0 Å². The van der Waals surface area contributed by atoms with E-state index in [0.29, 0.717) is 35.3 Å². The van der Waals surface area contributed by atoms with Gasteiger partial charge in [0.25, 0.3) is 0 Å². The van der Waals surface area contributed by atoms with Gasteiger partial charge in [-0.25, -0.2) is 13.2 Å². The normalized spacial score (nSPS) is 20.4. The van der Waals surface area contributed by atoms with Gasteiger partial charge < -0.3 is 15.4 Å². The van der Waals surface area contributed by atoms with Crippen LogP contribution in [0.1, 0.15) is 30.4 Å². The molecule has 0 aliphatic carbocycles. The Bertz CT molecular complexity index is 1900. The van der Waals surface area contributed by atoms with Crippen LogP contribution in [0.2, 0.25) is 0 Å². The number of nitrogens with zero attached hydrogens (tertiary/aromatic N) is 5. The van der Waals surface area contributed by atoms with E-state index in [1.165, 1.54) is 0 Å². The van der Waals surface area contributed by atoms with Gasteiger partial charge in [-0.3, -0.25) is 4.90 Å². The van der Waals surface area contributed by atoms with Crippen molar-refractivity contribution >= 4 is 43.1 Å². The Hall–Kier alpha value is -4.04. The Morgan fingerprint density at radius 2 is 1.93 bits per heavy atom. The average Bonchev–Trinajstić information content (AvgIpc) is 3.60. The zero-order valence-corrected chi connectivity index (χ0v) is 24.6. The van der Waals surface area contributed by atoms with Crippen LogP contribution in [-0.4, -0.2) is 66.0 Å². The predicted octanol–water partition coefficient (Wildman–Crippen LogP) is 7.22. The molecule has 6 rings (SSSR count). The van der Waals surface area contributed by atoms with Gasteiger partial charge in [-0.1, -0.05) is 6.07 Å². The van der Waals surface area contributed by atoms with Gasteiger partial charge in [-0.2, -0.15) is 41.6 Å². The number of fused-ring (bicyclic) bond motifs is 3. The number of nitrogens with two attached hydrogens (primary N) is 1. The molecule has 0 amide bonds. The molecule has 0 unspecified atom stereocenters. The molecule has 0 radical (unpaired) electrons. The zero-order valence-electron chi connectivity index (χ0n) is 23.8. The third kappa shape index (κ3) is 5.40. The Balaban J connectivity index is 1.60. The second kappa shape index (κ2) is 11.0. The van der Waals surface area contributed by atoms with Crippen LogP contribution >= 0.6 is 11.3 Å². The highest BCUT2D eigenvalue weighted by Gasteiger charge is 2.49. The number of nitriles is 1. The first-order valence-electron chi connectivity index (χ1n) is 13.8. The monoisotopic (exact) mass is 674 g/mol. The summed E-state index contributed by atoms with van der Waals surface area (Å²) in [5, 5.41) is 8.39. The third-order valence-electron chi connectivity index (χ3n) is 8.40. The fourth-order valence-corrected chi connectivity index (χ4v) is 7.48. The summed E-state index contributed by atoms with van der Waals surface area (Å²) in [5.41, 5.74) is 0.618. The molecule has 4 heterocycles. The van der Waals surface area contributed by atoms with E-state index in [4.69, 9.17) is 10.5 Å². The number of aromatic nitrogens is 2. The van der Waals surface area contributed by atoms with E-state index in [1.807, 2.05) is 4.90 Å². The van der Waals surface area contributed by atoms with Crippen molar-refractivity contribution in [3.05, 3.63) is 41.0 Å². The fraction of sp³-hybridized carbons (Fsp3) is 0.414. The maximum absolute atomic E-state index is 16.6. The van der Waals surface area contributed by atoms with Crippen LogP contribution in [0.4, 0.5) is 50.3 Å². The van der Waals surface area contributed by atoms with Crippen molar-refractivity contribution < 1.29 is 44.3 Å². The highest BCUT2D eigenvalue weighted by Crippen LogP contribution is 2.48. The van der Waals surface area contributed by atoms with Crippen molar-refractivity contribution in [1.29, 1.82) is 5.26 Å². The molecule has 46 heavy (non-hydrogen) atoms. The van der Waals surface area contributed by atoms with Gasteiger partial charge >= 0.3 is 18.4 Å².